The summed E-state index contributed by atoms with van der Waals surface area (Å²) in [4.78, 5) is 12.0. The number of ether oxygens (including phenoxy) is 2. The fourth-order valence-corrected chi connectivity index (χ4v) is 3.51. The number of hydrogen-bond acceptors (Lipinski definition) is 4. The van der Waals surface area contributed by atoms with Crippen LogP contribution in [-0.4, -0.2) is 36.9 Å². The molecule has 0 saturated carbocycles. The summed E-state index contributed by atoms with van der Waals surface area (Å²) in [5.41, 5.74) is -0.216. The maximum Gasteiger partial charge on any atom is 0.312 e. The van der Waals surface area contributed by atoms with Gasteiger partial charge in [0.05, 0.1) is 24.2 Å². The summed E-state index contributed by atoms with van der Waals surface area (Å²) in [7, 11) is 0. The van der Waals surface area contributed by atoms with Crippen LogP contribution >= 0.6 is 0 Å². The Morgan fingerprint density at radius 1 is 1.65 bits per heavy atom. The summed E-state index contributed by atoms with van der Waals surface area (Å²) < 4.78 is 11.2. The number of carbonyl (C=O) groups excluding carboxylic acids is 1. The highest BCUT2D eigenvalue weighted by Crippen LogP contribution is 2.51. The standard InChI is InChI=1S/C13H19NO3/c1-3-16-12(15)11-9-7-14-8(2)6-13(9)5-4-10(11)17-13/h4-5,8-11,14H,3,6-7H2,1-2H3/t8-,9+,10+,11+,13+/m1/s1. The number of rotatable bonds is 2. The molecule has 3 aliphatic rings. The Labute approximate surface area is 101 Å². The molecule has 2 saturated heterocycles. The van der Waals surface area contributed by atoms with E-state index in [0.29, 0.717) is 12.6 Å². The van der Waals surface area contributed by atoms with Crippen molar-refractivity contribution in [2.45, 2.75) is 38.0 Å². The zero-order valence-corrected chi connectivity index (χ0v) is 10.3. The van der Waals surface area contributed by atoms with E-state index in [1.165, 1.54) is 0 Å². The normalized spacial score (nSPS) is 46.9. The SMILES string of the molecule is CCOC(=O)[C@@H]1[C@@H]2C=C[C@@]3(C[C@@H](C)NC[C@@H]13)O2. The molecule has 0 aromatic rings. The van der Waals surface area contributed by atoms with Crippen LogP contribution in [0.5, 0.6) is 0 Å². The second kappa shape index (κ2) is 3.82. The van der Waals surface area contributed by atoms with Crippen LogP contribution < -0.4 is 5.32 Å². The van der Waals surface area contributed by atoms with E-state index >= 15 is 0 Å². The van der Waals surface area contributed by atoms with Crippen molar-refractivity contribution >= 4 is 5.97 Å². The van der Waals surface area contributed by atoms with Gasteiger partial charge in [0.2, 0.25) is 0 Å². The van der Waals surface area contributed by atoms with Crippen molar-refractivity contribution in [3.05, 3.63) is 12.2 Å². The van der Waals surface area contributed by atoms with Crippen molar-refractivity contribution in [1.29, 1.82) is 0 Å². The first-order chi connectivity index (χ1) is 8.16. The Balaban J connectivity index is 1.85. The van der Waals surface area contributed by atoms with Gasteiger partial charge in [-0.05, 0) is 20.3 Å². The Morgan fingerprint density at radius 3 is 3.24 bits per heavy atom. The highest BCUT2D eigenvalue weighted by atomic mass is 16.5. The van der Waals surface area contributed by atoms with Crippen LogP contribution in [0, 0.1) is 11.8 Å². The summed E-state index contributed by atoms with van der Waals surface area (Å²) in [5, 5.41) is 3.44. The molecule has 5 atom stereocenters. The lowest BCUT2D eigenvalue weighted by atomic mass is 9.71. The molecule has 1 N–H and O–H groups in total. The molecule has 1 spiro atoms. The summed E-state index contributed by atoms with van der Waals surface area (Å²) in [5.74, 6) is -0.00206. The summed E-state index contributed by atoms with van der Waals surface area (Å²) in [6.07, 6.45) is 5.07. The molecule has 4 heteroatoms. The molecule has 0 aromatic carbocycles. The number of hydrogen-bond donors (Lipinski definition) is 1. The third-order valence-corrected chi connectivity index (χ3v) is 4.21. The molecular weight excluding hydrogens is 218 g/mol. The second-order valence-corrected chi connectivity index (χ2v) is 5.29. The molecule has 0 radical (unpaired) electrons. The molecule has 3 heterocycles. The van der Waals surface area contributed by atoms with Gasteiger partial charge < -0.3 is 14.8 Å². The fourth-order valence-electron chi connectivity index (χ4n) is 3.51. The lowest BCUT2D eigenvalue weighted by Crippen LogP contribution is -2.53. The molecule has 2 bridgehead atoms. The van der Waals surface area contributed by atoms with Crippen LogP contribution in [0.15, 0.2) is 12.2 Å². The predicted molar refractivity (Wildman–Crippen MR) is 62.4 cm³/mol. The minimum atomic E-state index is -0.216. The Morgan fingerprint density at radius 2 is 2.47 bits per heavy atom. The third-order valence-electron chi connectivity index (χ3n) is 4.21. The van der Waals surface area contributed by atoms with E-state index in [1.54, 1.807) is 0 Å². The molecule has 0 unspecified atom stereocenters. The number of nitrogens with one attached hydrogen (secondary N) is 1. The van der Waals surface area contributed by atoms with Gasteiger partial charge in [-0.2, -0.15) is 0 Å². The third kappa shape index (κ3) is 1.54. The van der Waals surface area contributed by atoms with Crippen LogP contribution in [0.1, 0.15) is 20.3 Å². The minimum Gasteiger partial charge on any atom is -0.466 e. The highest BCUT2D eigenvalue weighted by Gasteiger charge is 2.60. The predicted octanol–water partition coefficient (Wildman–Crippen LogP) is 0.871. The molecule has 2 fully saturated rings. The first-order valence-electron chi connectivity index (χ1n) is 6.43. The Kier molecular flexibility index (Phi) is 2.52. The number of piperidine rings is 1. The van der Waals surface area contributed by atoms with Crippen LogP contribution in [-0.2, 0) is 14.3 Å². The van der Waals surface area contributed by atoms with E-state index in [4.69, 9.17) is 9.47 Å². The maximum atomic E-state index is 12.0. The van der Waals surface area contributed by atoms with Crippen molar-refractivity contribution in [2.75, 3.05) is 13.2 Å². The van der Waals surface area contributed by atoms with E-state index < -0.39 is 0 Å². The molecule has 0 aliphatic carbocycles. The van der Waals surface area contributed by atoms with Gasteiger partial charge in [0, 0.05) is 18.5 Å². The van der Waals surface area contributed by atoms with E-state index in [2.05, 4.69) is 18.3 Å². The molecule has 94 valence electrons. The van der Waals surface area contributed by atoms with E-state index in [0.717, 1.165) is 13.0 Å². The lowest BCUT2D eigenvalue weighted by Gasteiger charge is -2.40. The lowest BCUT2D eigenvalue weighted by molar-refractivity contribution is -0.150. The first kappa shape index (κ1) is 11.2. The minimum absolute atomic E-state index is 0.0776. The van der Waals surface area contributed by atoms with Crippen molar-refractivity contribution < 1.29 is 14.3 Å². The van der Waals surface area contributed by atoms with Crippen LogP contribution in [0.2, 0.25) is 0 Å². The summed E-state index contributed by atoms with van der Waals surface area (Å²) in [6, 6.07) is 0.440. The maximum absolute atomic E-state index is 12.0. The van der Waals surface area contributed by atoms with Crippen molar-refractivity contribution in [1.82, 2.24) is 5.32 Å². The van der Waals surface area contributed by atoms with Gasteiger partial charge in [0.25, 0.3) is 0 Å². The molecular formula is C13H19NO3. The molecule has 0 aromatic heterocycles. The average molecular weight is 237 g/mol. The van der Waals surface area contributed by atoms with Gasteiger partial charge in [0.1, 0.15) is 0 Å². The largest absolute Gasteiger partial charge is 0.466 e. The van der Waals surface area contributed by atoms with Crippen LogP contribution in [0.25, 0.3) is 0 Å². The zero-order valence-electron chi connectivity index (χ0n) is 10.3. The average Bonchev–Trinajstić information content (AvgIpc) is 2.81. The van der Waals surface area contributed by atoms with Crippen LogP contribution in [0.3, 0.4) is 0 Å². The van der Waals surface area contributed by atoms with Crippen molar-refractivity contribution in [2.24, 2.45) is 11.8 Å². The van der Waals surface area contributed by atoms with Gasteiger partial charge in [-0.1, -0.05) is 12.2 Å². The highest BCUT2D eigenvalue weighted by molar-refractivity contribution is 5.75. The van der Waals surface area contributed by atoms with Crippen LogP contribution in [0.4, 0.5) is 0 Å². The van der Waals surface area contributed by atoms with Gasteiger partial charge >= 0.3 is 5.97 Å². The quantitative estimate of drug-likeness (QED) is 0.572. The van der Waals surface area contributed by atoms with Gasteiger partial charge in [-0.3, -0.25) is 4.79 Å². The van der Waals surface area contributed by atoms with E-state index in [1.807, 2.05) is 13.0 Å². The zero-order chi connectivity index (χ0) is 12.0. The molecule has 3 aliphatic heterocycles. The molecule has 3 rings (SSSR count). The van der Waals surface area contributed by atoms with Gasteiger partial charge in [0.15, 0.2) is 0 Å². The topological polar surface area (TPSA) is 47.6 Å². The molecule has 17 heavy (non-hydrogen) atoms. The van der Waals surface area contributed by atoms with Crippen molar-refractivity contribution in [3.8, 4) is 0 Å². The summed E-state index contributed by atoms with van der Waals surface area (Å²) in [6.45, 7) is 5.28. The summed E-state index contributed by atoms with van der Waals surface area (Å²) >= 11 is 0. The van der Waals surface area contributed by atoms with Gasteiger partial charge in [-0.25, -0.2) is 0 Å². The smallest absolute Gasteiger partial charge is 0.312 e. The number of fused-ring (bicyclic) bond motifs is 1. The van der Waals surface area contributed by atoms with E-state index in [-0.39, 0.29) is 29.5 Å². The first-order valence-corrected chi connectivity index (χ1v) is 6.43. The number of esters is 1. The second-order valence-electron chi connectivity index (χ2n) is 5.29. The fraction of sp³-hybridized carbons (Fsp3) is 0.769. The van der Waals surface area contributed by atoms with Gasteiger partial charge in [-0.15, -0.1) is 0 Å². The number of carbonyl (C=O) groups is 1. The molecule has 4 nitrogen and oxygen atoms in total. The monoisotopic (exact) mass is 237 g/mol. The Hall–Kier alpha value is -0.870. The van der Waals surface area contributed by atoms with Crippen molar-refractivity contribution in [3.63, 3.8) is 0 Å². The Bertz CT molecular complexity index is 368. The van der Waals surface area contributed by atoms with E-state index in [9.17, 15) is 4.79 Å². The molecule has 0 amide bonds.